The second-order valence-electron chi connectivity index (χ2n) is 2.60. The molecule has 0 aliphatic heterocycles. The summed E-state index contributed by atoms with van der Waals surface area (Å²) in [5, 5.41) is 2.49. The van der Waals surface area contributed by atoms with Gasteiger partial charge in [-0.3, -0.25) is 0 Å². The second-order valence-corrected chi connectivity index (χ2v) is 4.07. The van der Waals surface area contributed by atoms with Crippen LogP contribution in [-0.2, 0) is 0 Å². The molecule has 0 spiro atoms. The van der Waals surface area contributed by atoms with Gasteiger partial charge in [0.15, 0.2) is 0 Å². The maximum atomic E-state index is 5.41. The van der Waals surface area contributed by atoms with Crippen molar-refractivity contribution in [3.05, 3.63) is 16.3 Å². The van der Waals surface area contributed by atoms with Crippen molar-refractivity contribution in [3.63, 3.8) is 0 Å². The molecule has 0 aromatic carbocycles. The van der Waals surface area contributed by atoms with Crippen molar-refractivity contribution in [2.24, 2.45) is 0 Å². The first kappa shape index (κ1) is 9.48. The van der Waals surface area contributed by atoms with E-state index in [4.69, 9.17) is 17.0 Å². The van der Waals surface area contributed by atoms with Crippen LogP contribution in [0.4, 0.5) is 0 Å². The summed E-state index contributed by atoms with van der Waals surface area (Å²) in [5.41, 5.74) is 0. The summed E-state index contributed by atoms with van der Waals surface area (Å²) in [4.78, 5) is 2.92. The van der Waals surface area contributed by atoms with Crippen molar-refractivity contribution in [1.29, 1.82) is 0 Å². The lowest BCUT2D eigenvalue weighted by molar-refractivity contribution is 0.449. The van der Waals surface area contributed by atoms with Crippen LogP contribution in [0, 0.1) is 6.92 Å². The van der Waals surface area contributed by atoms with E-state index in [9.17, 15) is 0 Å². The number of thiocarbonyl (C=S) groups is 1. The molecule has 1 aromatic rings. The average Bonchev–Trinajstić information content (AvgIpc) is 2.36. The van der Waals surface area contributed by atoms with Gasteiger partial charge >= 0.3 is 0 Å². The van der Waals surface area contributed by atoms with E-state index in [1.165, 1.54) is 0 Å². The number of ether oxygens (including phenoxy) is 1. The fourth-order valence-electron chi connectivity index (χ4n) is 0.665. The molecule has 0 saturated carbocycles. The Hall–Kier alpha value is -0.610. The molecule has 12 heavy (non-hydrogen) atoms. The third kappa shape index (κ3) is 2.19. The molecule has 1 rings (SSSR count). The topological polar surface area (TPSA) is 12.5 Å². The van der Waals surface area contributed by atoms with Crippen molar-refractivity contribution < 1.29 is 4.74 Å². The van der Waals surface area contributed by atoms with E-state index in [0.717, 1.165) is 10.6 Å². The second kappa shape index (κ2) is 3.87. The summed E-state index contributed by atoms with van der Waals surface area (Å²) in [5.74, 6) is 0.860. The van der Waals surface area contributed by atoms with E-state index in [2.05, 4.69) is 0 Å². The molecule has 1 heterocycles. The SMILES string of the molecule is Cc1sccc1OC(=S)N(C)C. The largest absolute Gasteiger partial charge is 0.431 e. The van der Waals surface area contributed by atoms with E-state index >= 15 is 0 Å². The molecule has 4 heteroatoms. The molecule has 0 atom stereocenters. The summed E-state index contributed by atoms with van der Waals surface area (Å²) in [7, 11) is 3.73. The van der Waals surface area contributed by atoms with Crippen LogP contribution in [0.15, 0.2) is 11.4 Å². The van der Waals surface area contributed by atoms with Crippen molar-refractivity contribution in [1.82, 2.24) is 4.90 Å². The first-order chi connectivity index (χ1) is 5.61. The van der Waals surface area contributed by atoms with E-state index in [0.29, 0.717) is 5.17 Å². The van der Waals surface area contributed by atoms with Crippen molar-refractivity contribution in [2.45, 2.75) is 6.92 Å². The van der Waals surface area contributed by atoms with Gasteiger partial charge in [-0.25, -0.2) is 0 Å². The Bertz CT molecular complexity index is 280. The van der Waals surface area contributed by atoms with Gasteiger partial charge in [-0.05, 0) is 30.6 Å². The Kier molecular flexibility index (Phi) is 3.05. The smallest absolute Gasteiger partial charge is 0.264 e. The Labute approximate surface area is 81.8 Å². The first-order valence-electron chi connectivity index (χ1n) is 3.54. The quantitative estimate of drug-likeness (QED) is 0.647. The zero-order valence-electron chi connectivity index (χ0n) is 7.33. The van der Waals surface area contributed by atoms with Gasteiger partial charge in [0.25, 0.3) is 5.17 Å². The molecule has 1 aromatic heterocycles. The molecule has 0 amide bonds. The molecule has 0 N–H and O–H groups in total. The highest BCUT2D eigenvalue weighted by Crippen LogP contribution is 2.23. The normalized spacial score (nSPS) is 9.58. The van der Waals surface area contributed by atoms with Crippen LogP contribution in [0.1, 0.15) is 4.88 Å². The van der Waals surface area contributed by atoms with Crippen molar-refractivity contribution in [2.75, 3.05) is 14.1 Å². The minimum Gasteiger partial charge on any atom is -0.431 e. The summed E-state index contributed by atoms with van der Waals surface area (Å²) < 4.78 is 5.41. The molecule has 0 aliphatic carbocycles. The lowest BCUT2D eigenvalue weighted by Gasteiger charge is -2.13. The number of aryl methyl sites for hydroxylation is 1. The number of thiophene rings is 1. The standard InChI is InChI=1S/C8H11NOS2/c1-6-7(4-5-12-6)10-8(11)9(2)3/h4-5H,1-3H3. The van der Waals surface area contributed by atoms with Gasteiger partial charge < -0.3 is 9.64 Å². The summed E-state index contributed by atoms with van der Waals surface area (Å²) in [6.07, 6.45) is 0. The average molecular weight is 201 g/mol. The van der Waals surface area contributed by atoms with Crippen LogP contribution in [0.3, 0.4) is 0 Å². The molecule has 2 nitrogen and oxygen atoms in total. The van der Waals surface area contributed by atoms with Gasteiger partial charge in [0.05, 0.1) is 0 Å². The molecule has 0 saturated heterocycles. The maximum Gasteiger partial charge on any atom is 0.264 e. The number of hydrogen-bond donors (Lipinski definition) is 0. The molecule has 66 valence electrons. The van der Waals surface area contributed by atoms with Crippen molar-refractivity contribution >= 4 is 28.7 Å². The Morgan fingerprint density at radius 2 is 2.25 bits per heavy atom. The lowest BCUT2D eigenvalue weighted by Crippen LogP contribution is -2.24. The van der Waals surface area contributed by atoms with Gasteiger partial charge in [0, 0.05) is 19.0 Å². The van der Waals surface area contributed by atoms with E-state index < -0.39 is 0 Å². The van der Waals surface area contributed by atoms with E-state index in [1.54, 1.807) is 16.2 Å². The molecule has 0 radical (unpaired) electrons. The predicted octanol–water partition coefficient (Wildman–Crippen LogP) is 2.28. The monoisotopic (exact) mass is 201 g/mol. The van der Waals surface area contributed by atoms with E-state index in [-0.39, 0.29) is 0 Å². The first-order valence-corrected chi connectivity index (χ1v) is 4.83. The van der Waals surface area contributed by atoms with E-state index in [1.807, 2.05) is 32.5 Å². The van der Waals surface area contributed by atoms with Gasteiger partial charge in [0.2, 0.25) is 0 Å². The van der Waals surface area contributed by atoms with Crippen LogP contribution in [0.5, 0.6) is 5.75 Å². The van der Waals surface area contributed by atoms with Crippen LogP contribution in [-0.4, -0.2) is 24.2 Å². The highest BCUT2D eigenvalue weighted by molar-refractivity contribution is 7.80. The molecular formula is C8H11NOS2. The van der Waals surface area contributed by atoms with Gasteiger partial charge in [0.1, 0.15) is 5.75 Å². The van der Waals surface area contributed by atoms with Crippen LogP contribution >= 0.6 is 23.6 Å². The molecule has 0 unspecified atom stereocenters. The molecule has 0 bridgehead atoms. The van der Waals surface area contributed by atoms with Crippen molar-refractivity contribution in [3.8, 4) is 5.75 Å². The Balaban J connectivity index is 2.64. The third-order valence-corrected chi connectivity index (χ3v) is 2.65. The minimum absolute atomic E-state index is 0.497. The third-order valence-electron chi connectivity index (χ3n) is 1.37. The fourth-order valence-corrected chi connectivity index (χ4v) is 1.38. The molecule has 0 aliphatic rings. The highest BCUT2D eigenvalue weighted by atomic mass is 32.1. The maximum absolute atomic E-state index is 5.41. The molecule has 0 fully saturated rings. The van der Waals surface area contributed by atoms with Crippen LogP contribution in [0.2, 0.25) is 0 Å². The van der Waals surface area contributed by atoms with Crippen LogP contribution < -0.4 is 4.74 Å². The van der Waals surface area contributed by atoms with Gasteiger partial charge in [-0.15, -0.1) is 11.3 Å². The lowest BCUT2D eigenvalue weighted by atomic mass is 10.5. The summed E-state index contributed by atoms with van der Waals surface area (Å²) >= 11 is 6.65. The fraction of sp³-hybridized carbons (Fsp3) is 0.375. The molecular weight excluding hydrogens is 190 g/mol. The number of rotatable bonds is 1. The Morgan fingerprint density at radius 1 is 1.58 bits per heavy atom. The summed E-state index contributed by atoms with van der Waals surface area (Å²) in [6.45, 7) is 2.01. The number of nitrogens with zero attached hydrogens (tertiary/aromatic N) is 1. The predicted molar refractivity (Wildman–Crippen MR) is 56.0 cm³/mol. The zero-order valence-corrected chi connectivity index (χ0v) is 8.96. The van der Waals surface area contributed by atoms with Gasteiger partial charge in [-0.2, -0.15) is 0 Å². The zero-order chi connectivity index (χ0) is 9.14. The van der Waals surface area contributed by atoms with Crippen LogP contribution in [0.25, 0.3) is 0 Å². The number of hydrogen-bond acceptors (Lipinski definition) is 3. The van der Waals surface area contributed by atoms with Gasteiger partial charge in [-0.1, -0.05) is 0 Å². The highest BCUT2D eigenvalue weighted by Gasteiger charge is 2.05. The Morgan fingerprint density at radius 3 is 2.67 bits per heavy atom. The minimum atomic E-state index is 0.497. The summed E-state index contributed by atoms with van der Waals surface area (Å²) in [6, 6.07) is 1.93.